The number of nitrogens with two attached hydrogens (primary N) is 1. The Kier molecular flexibility index (Phi) is 4.43. The number of likely N-dealkylation sites (tertiary alicyclic amines) is 1. The van der Waals surface area contributed by atoms with Crippen LogP contribution in [0.25, 0.3) is 0 Å². The van der Waals surface area contributed by atoms with Crippen molar-refractivity contribution in [1.29, 1.82) is 0 Å². The molecule has 0 radical (unpaired) electrons. The van der Waals surface area contributed by atoms with Gasteiger partial charge in [0.2, 0.25) is 0 Å². The zero-order chi connectivity index (χ0) is 13.8. The van der Waals surface area contributed by atoms with E-state index in [0.29, 0.717) is 11.3 Å². The Labute approximate surface area is 115 Å². The molecule has 19 heavy (non-hydrogen) atoms. The van der Waals surface area contributed by atoms with Gasteiger partial charge in [-0.2, -0.15) is 0 Å². The molecule has 1 amide bonds. The van der Waals surface area contributed by atoms with E-state index < -0.39 is 0 Å². The number of hydrogen-bond acceptors (Lipinski definition) is 3. The van der Waals surface area contributed by atoms with Crippen LogP contribution < -0.4 is 5.73 Å². The molecule has 0 aromatic heterocycles. The van der Waals surface area contributed by atoms with Crippen LogP contribution in [0.3, 0.4) is 0 Å². The van der Waals surface area contributed by atoms with Gasteiger partial charge in [0, 0.05) is 31.4 Å². The van der Waals surface area contributed by atoms with E-state index in [1.165, 1.54) is 13.0 Å². The smallest absolute Gasteiger partial charge is 0.253 e. The highest BCUT2D eigenvalue weighted by Gasteiger charge is 2.20. The van der Waals surface area contributed by atoms with Crippen molar-refractivity contribution in [2.24, 2.45) is 5.92 Å². The van der Waals surface area contributed by atoms with Crippen molar-refractivity contribution in [2.75, 3.05) is 39.5 Å². The molecule has 1 atom stereocenters. The fourth-order valence-electron chi connectivity index (χ4n) is 2.59. The third-order valence-electron chi connectivity index (χ3n) is 3.87. The van der Waals surface area contributed by atoms with Gasteiger partial charge < -0.3 is 15.5 Å². The number of benzene rings is 1. The quantitative estimate of drug-likeness (QED) is 0.839. The van der Waals surface area contributed by atoms with Crippen molar-refractivity contribution in [3.8, 4) is 0 Å². The Morgan fingerprint density at radius 1 is 1.42 bits per heavy atom. The molecule has 0 spiro atoms. The molecule has 1 aliphatic heterocycles. The Bertz CT molecular complexity index is 430. The first-order chi connectivity index (χ1) is 9.06. The average Bonchev–Trinajstić information content (AvgIpc) is 2.82. The fourth-order valence-corrected chi connectivity index (χ4v) is 2.59. The number of hydrogen-bond donors (Lipinski definition) is 1. The second kappa shape index (κ2) is 6.06. The maximum Gasteiger partial charge on any atom is 0.253 e. The minimum atomic E-state index is 0.0753. The van der Waals surface area contributed by atoms with Crippen molar-refractivity contribution in [3.63, 3.8) is 0 Å². The molecular weight excluding hydrogens is 238 g/mol. The van der Waals surface area contributed by atoms with Crippen LogP contribution in [-0.2, 0) is 0 Å². The van der Waals surface area contributed by atoms with Gasteiger partial charge in [-0.15, -0.1) is 0 Å². The van der Waals surface area contributed by atoms with E-state index in [9.17, 15) is 4.79 Å². The summed E-state index contributed by atoms with van der Waals surface area (Å²) in [5.74, 6) is 0.804. The average molecular weight is 261 g/mol. The molecule has 1 saturated heterocycles. The minimum absolute atomic E-state index is 0.0753. The first kappa shape index (κ1) is 13.9. The summed E-state index contributed by atoms with van der Waals surface area (Å²) < 4.78 is 0. The molecule has 1 fully saturated rings. The summed E-state index contributed by atoms with van der Waals surface area (Å²) in [6.07, 6.45) is 2.34. The Morgan fingerprint density at radius 3 is 2.68 bits per heavy atom. The van der Waals surface area contributed by atoms with Gasteiger partial charge in [0.05, 0.1) is 0 Å². The van der Waals surface area contributed by atoms with E-state index in [2.05, 4.69) is 11.9 Å². The van der Waals surface area contributed by atoms with Crippen LogP contribution in [0.1, 0.15) is 23.2 Å². The first-order valence-corrected chi connectivity index (χ1v) is 6.86. The SMILES string of the molecule is CN1CCC(CCN(C)C(=O)c2ccc(N)cc2)C1. The van der Waals surface area contributed by atoms with Gasteiger partial charge in [0.15, 0.2) is 0 Å². The van der Waals surface area contributed by atoms with E-state index in [1.807, 2.05) is 11.9 Å². The van der Waals surface area contributed by atoms with Gasteiger partial charge in [-0.3, -0.25) is 4.79 Å². The van der Waals surface area contributed by atoms with Crippen LogP contribution in [0, 0.1) is 5.92 Å². The Hall–Kier alpha value is -1.55. The number of rotatable bonds is 4. The van der Waals surface area contributed by atoms with E-state index in [1.54, 1.807) is 24.3 Å². The van der Waals surface area contributed by atoms with Gasteiger partial charge in [0.1, 0.15) is 0 Å². The summed E-state index contributed by atoms with van der Waals surface area (Å²) in [4.78, 5) is 16.4. The highest BCUT2D eigenvalue weighted by atomic mass is 16.2. The molecule has 4 heteroatoms. The molecular formula is C15H23N3O. The third kappa shape index (κ3) is 3.70. The number of amides is 1. The van der Waals surface area contributed by atoms with E-state index >= 15 is 0 Å². The van der Waals surface area contributed by atoms with Crippen molar-refractivity contribution in [1.82, 2.24) is 9.80 Å². The molecule has 1 aliphatic rings. The number of nitrogens with zero attached hydrogens (tertiary/aromatic N) is 2. The standard InChI is InChI=1S/C15H23N3O/c1-17-9-7-12(11-17)8-10-18(2)15(19)13-3-5-14(16)6-4-13/h3-6,12H,7-11,16H2,1-2H3. The van der Waals surface area contributed by atoms with Gasteiger partial charge in [-0.25, -0.2) is 0 Å². The minimum Gasteiger partial charge on any atom is -0.399 e. The zero-order valence-electron chi connectivity index (χ0n) is 11.8. The number of anilines is 1. The Balaban J connectivity index is 1.84. The van der Waals surface area contributed by atoms with E-state index in [-0.39, 0.29) is 5.91 Å². The van der Waals surface area contributed by atoms with Crippen molar-refractivity contribution in [2.45, 2.75) is 12.8 Å². The molecule has 2 N–H and O–H groups in total. The summed E-state index contributed by atoms with van der Waals surface area (Å²) >= 11 is 0. The monoisotopic (exact) mass is 261 g/mol. The van der Waals surface area contributed by atoms with Crippen molar-refractivity contribution < 1.29 is 4.79 Å². The summed E-state index contributed by atoms with van der Waals surface area (Å²) in [7, 11) is 4.03. The number of nitrogen functional groups attached to an aromatic ring is 1. The van der Waals surface area contributed by atoms with Gasteiger partial charge in [-0.1, -0.05) is 0 Å². The molecule has 1 heterocycles. The predicted molar refractivity (Wildman–Crippen MR) is 78.0 cm³/mol. The molecule has 1 unspecified atom stereocenters. The lowest BCUT2D eigenvalue weighted by molar-refractivity contribution is 0.0787. The molecule has 0 saturated carbocycles. The lowest BCUT2D eigenvalue weighted by Crippen LogP contribution is -2.29. The highest BCUT2D eigenvalue weighted by molar-refractivity contribution is 5.94. The molecule has 4 nitrogen and oxygen atoms in total. The number of carbonyl (C=O) groups excluding carboxylic acids is 1. The summed E-state index contributed by atoms with van der Waals surface area (Å²) in [5.41, 5.74) is 7.02. The molecule has 1 aromatic carbocycles. The fraction of sp³-hybridized carbons (Fsp3) is 0.533. The molecule has 104 valence electrons. The van der Waals surface area contributed by atoms with Crippen molar-refractivity contribution in [3.05, 3.63) is 29.8 Å². The highest BCUT2D eigenvalue weighted by Crippen LogP contribution is 2.18. The molecule has 1 aromatic rings. The van der Waals surface area contributed by atoms with Crippen LogP contribution in [0.2, 0.25) is 0 Å². The topological polar surface area (TPSA) is 49.6 Å². The van der Waals surface area contributed by atoms with Crippen LogP contribution in [-0.4, -0.2) is 49.4 Å². The largest absolute Gasteiger partial charge is 0.399 e. The molecule has 0 aliphatic carbocycles. The van der Waals surface area contributed by atoms with Crippen LogP contribution in [0.4, 0.5) is 5.69 Å². The van der Waals surface area contributed by atoms with Crippen molar-refractivity contribution >= 4 is 11.6 Å². The first-order valence-electron chi connectivity index (χ1n) is 6.86. The number of carbonyl (C=O) groups is 1. The maximum atomic E-state index is 12.2. The molecule has 0 bridgehead atoms. The third-order valence-corrected chi connectivity index (χ3v) is 3.87. The maximum absolute atomic E-state index is 12.2. The summed E-state index contributed by atoms with van der Waals surface area (Å²) in [6.45, 7) is 3.16. The van der Waals surface area contributed by atoms with Crippen LogP contribution in [0.5, 0.6) is 0 Å². The van der Waals surface area contributed by atoms with Gasteiger partial charge in [0.25, 0.3) is 5.91 Å². The van der Waals surface area contributed by atoms with Gasteiger partial charge >= 0.3 is 0 Å². The Morgan fingerprint density at radius 2 is 2.11 bits per heavy atom. The second-order valence-corrected chi connectivity index (χ2v) is 5.55. The van der Waals surface area contributed by atoms with Crippen LogP contribution in [0.15, 0.2) is 24.3 Å². The summed E-state index contributed by atoms with van der Waals surface area (Å²) in [6, 6.07) is 7.12. The normalized spacial score (nSPS) is 19.6. The zero-order valence-corrected chi connectivity index (χ0v) is 11.8. The summed E-state index contributed by atoms with van der Waals surface area (Å²) in [5, 5.41) is 0. The van der Waals surface area contributed by atoms with E-state index in [4.69, 9.17) is 5.73 Å². The van der Waals surface area contributed by atoms with Gasteiger partial charge in [-0.05, 0) is 56.6 Å². The van der Waals surface area contributed by atoms with E-state index in [0.717, 1.165) is 25.4 Å². The lowest BCUT2D eigenvalue weighted by atomic mass is 10.0. The molecule has 2 rings (SSSR count). The predicted octanol–water partition coefficient (Wildman–Crippen LogP) is 1.68. The van der Waals surface area contributed by atoms with Crippen LogP contribution >= 0.6 is 0 Å². The second-order valence-electron chi connectivity index (χ2n) is 5.55. The lowest BCUT2D eigenvalue weighted by Gasteiger charge is -2.19.